The predicted molar refractivity (Wildman–Crippen MR) is 158 cm³/mol. The number of nitrogens with two attached hydrogens (primary N) is 2. The van der Waals surface area contributed by atoms with E-state index in [0.29, 0.717) is 59.8 Å². The van der Waals surface area contributed by atoms with E-state index in [2.05, 4.69) is 9.88 Å². The first-order valence-electron chi connectivity index (χ1n) is 13.6. The molecule has 3 aromatic rings. The predicted octanol–water partition coefficient (Wildman–Crippen LogP) is 3.45. The molecule has 224 valence electrons. The Morgan fingerprint density at radius 3 is 2.55 bits per heavy atom. The lowest BCUT2D eigenvalue weighted by Crippen LogP contribution is -2.37. The van der Waals surface area contributed by atoms with Gasteiger partial charge in [0.25, 0.3) is 0 Å². The molecule has 5 N–H and O–H groups in total. The van der Waals surface area contributed by atoms with Crippen LogP contribution in [-0.2, 0) is 25.5 Å². The molecule has 2 heterocycles. The van der Waals surface area contributed by atoms with Gasteiger partial charge in [-0.3, -0.25) is 4.79 Å². The van der Waals surface area contributed by atoms with Crippen LogP contribution in [0, 0.1) is 0 Å². The van der Waals surface area contributed by atoms with Crippen molar-refractivity contribution < 1.29 is 28.5 Å². The van der Waals surface area contributed by atoms with Crippen LogP contribution in [0.5, 0.6) is 0 Å². The van der Waals surface area contributed by atoms with Crippen molar-refractivity contribution in [3.63, 3.8) is 0 Å². The van der Waals surface area contributed by atoms with Crippen molar-refractivity contribution >= 4 is 34.5 Å². The number of aromatic nitrogens is 1. The van der Waals surface area contributed by atoms with E-state index in [1.54, 1.807) is 69.4 Å². The van der Waals surface area contributed by atoms with Gasteiger partial charge in [-0.05, 0) is 44.5 Å². The zero-order valence-electron chi connectivity index (χ0n) is 24.2. The minimum atomic E-state index is -1.15. The first-order valence-corrected chi connectivity index (χ1v) is 13.6. The first kappa shape index (κ1) is 30.4. The summed E-state index contributed by atoms with van der Waals surface area (Å²) in [6, 6.07) is 13.6. The molecule has 0 saturated carbocycles. The maximum atomic E-state index is 12.9. The second kappa shape index (κ2) is 13.0. The summed E-state index contributed by atoms with van der Waals surface area (Å²) in [5.74, 6) is 6.30. The van der Waals surface area contributed by atoms with E-state index in [9.17, 15) is 14.4 Å². The smallest absolute Gasteiger partial charge is 0.428 e. The Balaban J connectivity index is 1.46. The third kappa shape index (κ3) is 8.02. The number of fused-ring (bicyclic) bond motifs is 1. The summed E-state index contributed by atoms with van der Waals surface area (Å²) in [5, 5.41) is 1.90. The lowest BCUT2D eigenvalue weighted by molar-refractivity contribution is -0.0975. The maximum Gasteiger partial charge on any atom is 0.511 e. The van der Waals surface area contributed by atoms with Crippen LogP contribution in [0.3, 0.4) is 0 Å². The number of H-pyrrole nitrogens is 1. The Labute approximate surface area is 243 Å². The fourth-order valence-electron chi connectivity index (χ4n) is 4.43. The number of carbonyl (C=O) groups excluding carboxylic acids is 2. The van der Waals surface area contributed by atoms with Gasteiger partial charge in [-0.15, -0.1) is 0 Å². The molecule has 1 aliphatic rings. The number of ether oxygens (including phenoxy) is 4. The average Bonchev–Trinajstić information content (AvgIpc) is 2.92. The molecule has 1 aliphatic heterocycles. The molecule has 1 saturated heterocycles. The van der Waals surface area contributed by atoms with Gasteiger partial charge in [0.2, 0.25) is 6.29 Å². The number of hydrazine groups is 1. The molecule has 0 amide bonds. The van der Waals surface area contributed by atoms with Crippen LogP contribution < -0.4 is 21.9 Å². The normalized spacial score (nSPS) is 14.8. The number of hydrogen-bond acceptors (Lipinski definition) is 11. The molecule has 1 aromatic heterocycles. The number of nitrogens with one attached hydrogen (secondary N) is 1. The number of anilines is 1. The van der Waals surface area contributed by atoms with E-state index in [1.807, 2.05) is 6.07 Å². The van der Waals surface area contributed by atoms with E-state index in [4.69, 9.17) is 30.5 Å². The van der Waals surface area contributed by atoms with Crippen molar-refractivity contribution in [3.8, 4) is 0 Å². The lowest BCUT2D eigenvalue weighted by atomic mass is 10.1. The van der Waals surface area contributed by atoms with Gasteiger partial charge in [0, 0.05) is 43.2 Å². The molecule has 0 bridgehead atoms. The lowest BCUT2D eigenvalue weighted by Gasteiger charge is -2.28. The number of hydrogen-bond donors (Lipinski definition) is 3. The molecule has 0 spiro atoms. The Morgan fingerprint density at radius 1 is 1.12 bits per heavy atom. The number of morpholine rings is 1. The number of pyridine rings is 1. The number of aromatic amines is 1. The Hall–Kier alpha value is -4.55. The summed E-state index contributed by atoms with van der Waals surface area (Å²) < 4.78 is 20.7. The van der Waals surface area contributed by atoms with Crippen LogP contribution in [0.2, 0.25) is 0 Å². The molecule has 0 aliphatic carbocycles. The molecular weight excluding hydrogens is 542 g/mol. The molecule has 2 aromatic carbocycles. The van der Waals surface area contributed by atoms with E-state index >= 15 is 0 Å². The van der Waals surface area contributed by atoms with Crippen LogP contribution in [0.1, 0.15) is 49.2 Å². The average molecular weight is 580 g/mol. The Morgan fingerprint density at radius 2 is 1.83 bits per heavy atom. The number of esters is 1. The third-order valence-corrected chi connectivity index (χ3v) is 6.27. The molecule has 12 heteroatoms. The quantitative estimate of drug-likeness (QED) is 0.155. The van der Waals surface area contributed by atoms with Gasteiger partial charge in [-0.2, -0.15) is 0 Å². The fourth-order valence-corrected chi connectivity index (χ4v) is 4.43. The number of benzene rings is 2. The number of rotatable bonds is 8. The van der Waals surface area contributed by atoms with Gasteiger partial charge in [-0.1, -0.05) is 24.3 Å². The van der Waals surface area contributed by atoms with E-state index in [-0.39, 0.29) is 17.5 Å². The summed E-state index contributed by atoms with van der Waals surface area (Å²) in [7, 11) is 0. The summed E-state index contributed by atoms with van der Waals surface area (Å²) in [5.41, 5.74) is 8.16. The largest absolute Gasteiger partial charge is 0.511 e. The second-order valence-electron chi connectivity index (χ2n) is 10.9. The second-order valence-corrected chi connectivity index (χ2v) is 10.9. The molecule has 1 fully saturated rings. The van der Waals surface area contributed by atoms with Crippen molar-refractivity contribution in [1.29, 1.82) is 0 Å². The molecule has 1 atom stereocenters. The minimum Gasteiger partial charge on any atom is -0.428 e. The van der Waals surface area contributed by atoms with Crippen molar-refractivity contribution in [1.82, 2.24) is 9.99 Å². The minimum absolute atomic E-state index is 0.112. The summed E-state index contributed by atoms with van der Waals surface area (Å²) in [4.78, 5) is 42.8. The topological polar surface area (TPSA) is 162 Å². The SMILES string of the molecule is CC(OC(=O)OC(C)(C)C)OC(=O)c1cccc(CN(N)/C=C(\N)c2cccc3c(=O)cc(N4CCOCC4)[nH]c23)c1. The summed E-state index contributed by atoms with van der Waals surface area (Å²) in [6.45, 7) is 9.26. The van der Waals surface area contributed by atoms with Gasteiger partial charge < -0.3 is 39.6 Å². The molecule has 4 rings (SSSR count). The number of nitrogens with zero attached hydrogens (tertiary/aromatic N) is 2. The fraction of sp³-hybridized carbons (Fsp3) is 0.367. The van der Waals surface area contributed by atoms with Crippen LogP contribution in [-0.4, -0.2) is 60.3 Å². The van der Waals surface area contributed by atoms with Crippen molar-refractivity contribution in [2.75, 3.05) is 31.2 Å². The number of para-hydroxylation sites is 1. The van der Waals surface area contributed by atoms with Crippen LogP contribution >= 0.6 is 0 Å². The van der Waals surface area contributed by atoms with Gasteiger partial charge in [0.05, 0.1) is 36.5 Å². The standard InChI is InChI=1S/C30H37N5O7/c1-19(41-29(38)42-30(2,3)4)40-28(37)21-8-5-7-20(15-21)17-35(32)18-24(31)22-9-6-10-23-25(36)16-26(33-27(22)23)34-11-13-39-14-12-34/h5-10,15-16,18-19H,11-14,17,31-32H2,1-4H3,(H,33,36)/b24-18-. The van der Waals surface area contributed by atoms with Crippen molar-refractivity contribution in [2.45, 2.75) is 46.1 Å². The highest BCUT2D eigenvalue weighted by Gasteiger charge is 2.22. The monoisotopic (exact) mass is 579 g/mol. The summed E-state index contributed by atoms with van der Waals surface area (Å²) in [6.07, 6.45) is -0.524. The molecule has 42 heavy (non-hydrogen) atoms. The Bertz CT molecular complexity index is 1520. The van der Waals surface area contributed by atoms with Crippen LogP contribution in [0.4, 0.5) is 10.6 Å². The van der Waals surface area contributed by atoms with Gasteiger partial charge in [-0.25, -0.2) is 15.4 Å². The van der Waals surface area contributed by atoms with E-state index in [0.717, 1.165) is 0 Å². The zero-order valence-corrected chi connectivity index (χ0v) is 24.2. The molecular formula is C30H37N5O7. The maximum absolute atomic E-state index is 12.9. The van der Waals surface area contributed by atoms with E-state index < -0.39 is 24.0 Å². The van der Waals surface area contributed by atoms with Gasteiger partial charge in [0.15, 0.2) is 5.43 Å². The van der Waals surface area contributed by atoms with Crippen molar-refractivity contribution in [2.24, 2.45) is 11.6 Å². The molecule has 0 radical (unpaired) electrons. The zero-order chi connectivity index (χ0) is 30.4. The van der Waals surface area contributed by atoms with Gasteiger partial charge >= 0.3 is 12.1 Å². The van der Waals surface area contributed by atoms with E-state index in [1.165, 1.54) is 11.9 Å². The molecule has 12 nitrogen and oxygen atoms in total. The highest BCUT2D eigenvalue weighted by atomic mass is 16.8. The van der Waals surface area contributed by atoms with Gasteiger partial charge in [0.1, 0.15) is 11.4 Å². The summed E-state index contributed by atoms with van der Waals surface area (Å²) >= 11 is 0. The van der Waals surface area contributed by atoms with Crippen LogP contribution in [0.25, 0.3) is 16.6 Å². The first-order chi connectivity index (χ1) is 19.9. The van der Waals surface area contributed by atoms with Crippen LogP contribution in [0.15, 0.2) is 59.5 Å². The van der Waals surface area contributed by atoms with Crippen molar-refractivity contribution in [3.05, 3.63) is 81.6 Å². The highest BCUT2D eigenvalue weighted by Crippen LogP contribution is 2.23. The number of carbonyl (C=O) groups is 2. The molecule has 1 unspecified atom stereocenters. The highest BCUT2D eigenvalue weighted by molar-refractivity contribution is 5.91. The Kier molecular flexibility index (Phi) is 9.38. The third-order valence-electron chi connectivity index (χ3n) is 6.27.